The van der Waals surface area contributed by atoms with Gasteiger partial charge >= 0.3 is 0 Å². The van der Waals surface area contributed by atoms with E-state index in [4.69, 9.17) is 9.47 Å². The van der Waals surface area contributed by atoms with Gasteiger partial charge < -0.3 is 14.4 Å². The Morgan fingerprint density at radius 2 is 2.03 bits per heavy atom. The molecule has 0 saturated carbocycles. The van der Waals surface area contributed by atoms with Crippen LogP contribution in [0.1, 0.15) is 28.9 Å². The van der Waals surface area contributed by atoms with Gasteiger partial charge in [-0.1, -0.05) is 0 Å². The van der Waals surface area contributed by atoms with Crippen LogP contribution in [0.5, 0.6) is 11.5 Å². The number of hydrogen-bond donors (Lipinski definition) is 0. The molecule has 11 nitrogen and oxygen atoms in total. The summed E-state index contributed by atoms with van der Waals surface area (Å²) in [5.74, 6) is -0.181. The van der Waals surface area contributed by atoms with Gasteiger partial charge in [-0.05, 0) is 12.8 Å². The molecule has 3 rings (SSSR count). The zero-order valence-electron chi connectivity index (χ0n) is 17.9. The molecule has 32 heavy (non-hydrogen) atoms. The number of benzene rings is 1. The van der Waals surface area contributed by atoms with Crippen molar-refractivity contribution in [1.29, 1.82) is 0 Å². The van der Waals surface area contributed by atoms with Gasteiger partial charge in [0.25, 0.3) is 11.6 Å². The molecule has 174 valence electrons. The number of sulfonamides is 1. The normalized spacial score (nSPS) is 15.1. The van der Waals surface area contributed by atoms with Crippen LogP contribution in [-0.4, -0.2) is 73.0 Å². The van der Waals surface area contributed by atoms with Crippen molar-refractivity contribution < 1.29 is 27.6 Å². The van der Waals surface area contributed by atoms with Gasteiger partial charge in [-0.25, -0.2) is 17.7 Å². The fraction of sp³-hybridized carbons (Fsp3) is 0.474. The van der Waals surface area contributed by atoms with Crippen LogP contribution in [0.2, 0.25) is 0 Å². The Labute approximate surface area is 189 Å². The lowest BCUT2D eigenvalue weighted by Gasteiger charge is -2.35. The van der Waals surface area contributed by atoms with Gasteiger partial charge in [-0.2, -0.15) is 0 Å². The summed E-state index contributed by atoms with van der Waals surface area (Å²) in [7, 11) is -0.442. The number of amides is 1. The first kappa shape index (κ1) is 23.9. The Balaban J connectivity index is 1.80. The highest BCUT2D eigenvalue weighted by Gasteiger charge is 2.33. The third-order valence-corrected chi connectivity index (χ3v) is 7.34. The molecule has 0 bridgehead atoms. The van der Waals surface area contributed by atoms with Gasteiger partial charge in [-0.15, -0.1) is 11.3 Å². The van der Waals surface area contributed by atoms with Crippen molar-refractivity contribution in [2.45, 2.75) is 25.5 Å². The van der Waals surface area contributed by atoms with E-state index in [2.05, 4.69) is 4.98 Å². The third-order valence-electron chi connectivity index (χ3n) is 5.36. The average Bonchev–Trinajstić information content (AvgIpc) is 3.29. The molecule has 0 radical (unpaired) electrons. The van der Waals surface area contributed by atoms with Crippen LogP contribution in [0.3, 0.4) is 0 Å². The van der Waals surface area contributed by atoms with E-state index in [0.717, 1.165) is 6.26 Å². The number of carbonyl (C=O) groups excluding carboxylic acids is 1. The first-order valence-electron chi connectivity index (χ1n) is 9.70. The summed E-state index contributed by atoms with van der Waals surface area (Å²) >= 11 is 1.40. The number of likely N-dealkylation sites (tertiary alicyclic amines) is 1. The Kier molecular flexibility index (Phi) is 7.31. The Morgan fingerprint density at radius 3 is 2.56 bits per heavy atom. The Hall–Kier alpha value is -2.77. The van der Waals surface area contributed by atoms with Gasteiger partial charge in [-0.3, -0.25) is 14.9 Å². The predicted molar refractivity (Wildman–Crippen MR) is 118 cm³/mol. The van der Waals surface area contributed by atoms with Crippen LogP contribution >= 0.6 is 11.3 Å². The zero-order valence-corrected chi connectivity index (χ0v) is 19.5. The Bertz CT molecular complexity index is 1080. The maximum Gasteiger partial charge on any atom is 0.286 e. The molecule has 0 spiro atoms. The van der Waals surface area contributed by atoms with Crippen molar-refractivity contribution in [2.24, 2.45) is 0 Å². The minimum Gasteiger partial charge on any atom is -0.493 e. The van der Waals surface area contributed by atoms with Crippen molar-refractivity contribution in [3.8, 4) is 11.5 Å². The number of hydrogen-bond acceptors (Lipinski definition) is 9. The highest BCUT2D eigenvalue weighted by molar-refractivity contribution is 7.88. The van der Waals surface area contributed by atoms with Gasteiger partial charge in [0.2, 0.25) is 10.0 Å². The maximum atomic E-state index is 13.1. The van der Waals surface area contributed by atoms with Gasteiger partial charge in [0.1, 0.15) is 12.2 Å². The quantitative estimate of drug-likeness (QED) is 0.411. The fourth-order valence-corrected chi connectivity index (χ4v) is 4.77. The highest BCUT2D eigenvalue weighted by atomic mass is 32.2. The standard InChI is InChI=1S/C19H24N4O7S2/c1-21(32(3,27)28)14-4-6-22(7-5-14)19(24)15-8-17(29-2)18(9-16(15)23(25)26)30-10-13-11-31-12-20-13/h8-9,11-12,14H,4-7,10H2,1-3H3. The summed E-state index contributed by atoms with van der Waals surface area (Å²) in [4.78, 5) is 29.8. The molecule has 2 heterocycles. The SMILES string of the molecule is COc1cc(C(=O)N2CCC(N(C)S(C)(=O)=O)CC2)c([N+](=O)[O-])cc1OCc1cscn1. The monoisotopic (exact) mass is 484 g/mol. The molecule has 0 unspecified atom stereocenters. The van der Waals surface area contributed by atoms with Crippen LogP contribution in [-0.2, 0) is 16.6 Å². The van der Waals surface area contributed by atoms with Crippen LogP contribution in [0, 0.1) is 10.1 Å². The average molecular weight is 485 g/mol. The third kappa shape index (κ3) is 5.34. The summed E-state index contributed by atoms with van der Waals surface area (Å²) in [6.07, 6.45) is 2.02. The lowest BCUT2D eigenvalue weighted by Crippen LogP contribution is -2.47. The number of aromatic nitrogens is 1. The molecule has 2 aromatic rings. The summed E-state index contributed by atoms with van der Waals surface area (Å²) in [6.45, 7) is 0.668. The number of nitro benzene ring substituents is 1. The second-order valence-electron chi connectivity index (χ2n) is 7.35. The van der Waals surface area contributed by atoms with Gasteiger partial charge in [0.15, 0.2) is 11.5 Å². The molecule has 1 saturated heterocycles. The number of rotatable bonds is 8. The Morgan fingerprint density at radius 1 is 1.34 bits per heavy atom. The largest absolute Gasteiger partial charge is 0.493 e. The molecule has 0 aliphatic carbocycles. The van der Waals surface area contributed by atoms with Crippen LogP contribution in [0.15, 0.2) is 23.0 Å². The van der Waals surface area contributed by atoms with E-state index in [1.807, 2.05) is 0 Å². The second-order valence-corrected chi connectivity index (χ2v) is 10.1. The van der Waals surface area contributed by atoms with E-state index in [0.29, 0.717) is 18.5 Å². The molecule has 0 N–H and O–H groups in total. The minimum absolute atomic E-state index is 0.103. The van der Waals surface area contributed by atoms with E-state index in [-0.39, 0.29) is 48.5 Å². The molecule has 0 atom stereocenters. The molecule has 13 heteroatoms. The van der Waals surface area contributed by atoms with E-state index >= 15 is 0 Å². The van der Waals surface area contributed by atoms with Crippen LogP contribution in [0.25, 0.3) is 0 Å². The molecular formula is C19H24N4O7S2. The number of nitro groups is 1. The topological polar surface area (TPSA) is 132 Å². The van der Waals surface area contributed by atoms with Crippen LogP contribution < -0.4 is 9.47 Å². The van der Waals surface area contributed by atoms with Gasteiger partial charge in [0, 0.05) is 37.6 Å². The number of ether oxygens (including phenoxy) is 2. The number of thiazole rings is 1. The van der Waals surface area contributed by atoms with E-state index in [9.17, 15) is 23.3 Å². The number of methoxy groups -OCH3 is 1. The molecule has 1 aliphatic rings. The number of nitrogens with zero attached hydrogens (tertiary/aromatic N) is 4. The predicted octanol–water partition coefficient (Wildman–Crippen LogP) is 2.13. The smallest absolute Gasteiger partial charge is 0.286 e. The summed E-state index contributed by atoms with van der Waals surface area (Å²) in [5.41, 5.74) is 1.82. The molecular weight excluding hydrogens is 460 g/mol. The number of piperidine rings is 1. The molecule has 1 fully saturated rings. The molecule has 1 amide bonds. The van der Waals surface area contributed by atoms with Crippen molar-refractivity contribution in [2.75, 3.05) is 33.5 Å². The van der Waals surface area contributed by atoms with E-state index in [1.165, 1.54) is 46.8 Å². The van der Waals surface area contributed by atoms with Crippen molar-refractivity contribution in [3.05, 3.63) is 44.4 Å². The van der Waals surface area contributed by atoms with Gasteiger partial charge in [0.05, 0.1) is 35.6 Å². The number of carbonyl (C=O) groups is 1. The van der Waals surface area contributed by atoms with E-state index in [1.54, 1.807) is 10.9 Å². The lowest BCUT2D eigenvalue weighted by atomic mass is 10.0. The second kappa shape index (κ2) is 9.79. The first-order valence-corrected chi connectivity index (χ1v) is 12.5. The molecule has 1 aromatic carbocycles. The van der Waals surface area contributed by atoms with Crippen molar-refractivity contribution >= 4 is 33.0 Å². The molecule has 1 aromatic heterocycles. The lowest BCUT2D eigenvalue weighted by molar-refractivity contribution is -0.385. The van der Waals surface area contributed by atoms with E-state index < -0.39 is 20.9 Å². The fourth-order valence-electron chi connectivity index (χ4n) is 3.48. The summed E-state index contributed by atoms with van der Waals surface area (Å²) < 4.78 is 35.8. The van der Waals surface area contributed by atoms with Crippen LogP contribution in [0.4, 0.5) is 5.69 Å². The van der Waals surface area contributed by atoms with Crippen molar-refractivity contribution in [3.63, 3.8) is 0 Å². The minimum atomic E-state index is -3.34. The summed E-state index contributed by atoms with van der Waals surface area (Å²) in [5, 5.41) is 13.5. The van der Waals surface area contributed by atoms with Crippen molar-refractivity contribution in [1.82, 2.24) is 14.2 Å². The maximum absolute atomic E-state index is 13.1. The zero-order chi connectivity index (χ0) is 23.5. The first-order chi connectivity index (χ1) is 15.1. The summed E-state index contributed by atoms with van der Waals surface area (Å²) in [6, 6.07) is 2.27. The highest BCUT2D eigenvalue weighted by Crippen LogP contribution is 2.36. The molecule has 1 aliphatic heterocycles.